The van der Waals surface area contributed by atoms with Gasteiger partial charge < -0.3 is 14.8 Å². The average Bonchev–Trinajstić information content (AvgIpc) is 2.64. The molecule has 0 saturated carbocycles. The molecule has 0 spiro atoms. The van der Waals surface area contributed by atoms with Crippen LogP contribution in [-0.2, 0) is 14.3 Å². The first-order valence-corrected chi connectivity index (χ1v) is 10.5. The number of ether oxygens (including phenoxy) is 2. The van der Waals surface area contributed by atoms with Crippen LogP contribution in [0.1, 0.15) is 33.6 Å². The molecule has 0 bridgehead atoms. The van der Waals surface area contributed by atoms with E-state index in [4.69, 9.17) is 9.47 Å². The number of hydrogen-bond acceptors (Lipinski definition) is 6. The van der Waals surface area contributed by atoms with Gasteiger partial charge in [0.25, 0.3) is 0 Å². The zero-order valence-corrected chi connectivity index (χ0v) is 17.6. The molecule has 152 valence electrons. The van der Waals surface area contributed by atoms with Crippen LogP contribution in [-0.4, -0.2) is 86.8 Å². The van der Waals surface area contributed by atoms with E-state index in [1.165, 1.54) is 0 Å². The van der Waals surface area contributed by atoms with Crippen LogP contribution in [0, 0.1) is 11.3 Å². The van der Waals surface area contributed by atoms with Crippen molar-refractivity contribution in [1.29, 1.82) is 0 Å². The number of likely N-dealkylation sites (tertiary alicyclic amines) is 1. The lowest BCUT2D eigenvalue weighted by Gasteiger charge is -2.41. The van der Waals surface area contributed by atoms with E-state index >= 15 is 0 Å². The Labute approximate surface area is 164 Å². The zero-order chi connectivity index (χ0) is 19.0. The van der Waals surface area contributed by atoms with Crippen molar-refractivity contribution in [2.24, 2.45) is 11.3 Å². The first-order valence-electron chi connectivity index (χ1n) is 10.0. The fourth-order valence-electron chi connectivity index (χ4n) is 3.53. The van der Waals surface area contributed by atoms with Gasteiger partial charge in [-0.3, -0.25) is 14.6 Å². The Bertz CT molecular complexity index is 420. The predicted octanol–water partition coefficient (Wildman–Crippen LogP) is 1.47. The summed E-state index contributed by atoms with van der Waals surface area (Å²) in [6, 6.07) is 0. The molecule has 6 nitrogen and oxygen atoms in total. The minimum Gasteiger partial charge on any atom is -0.379 e. The van der Waals surface area contributed by atoms with Crippen LogP contribution in [0.15, 0.2) is 0 Å². The van der Waals surface area contributed by atoms with E-state index in [9.17, 15) is 4.79 Å². The summed E-state index contributed by atoms with van der Waals surface area (Å²) in [5.74, 6) is 0.611. The van der Waals surface area contributed by atoms with Crippen molar-refractivity contribution >= 4 is 18.5 Å². The molecular weight excluding hydrogens is 350 g/mol. The third kappa shape index (κ3) is 6.68. The Kier molecular flexibility index (Phi) is 9.17. The van der Waals surface area contributed by atoms with Crippen molar-refractivity contribution in [2.45, 2.75) is 39.0 Å². The monoisotopic (exact) mass is 387 g/mol. The molecule has 7 heteroatoms. The molecule has 2 saturated heterocycles. The van der Waals surface area contributed by atoms with E-state index in [1.54, 1.807) is 0 Å². The van der Waals surface area contributed by atoms with Gasteiger partial charge in [-0.1, -0.05) is 13.8 Å². The van der Waals surface area contributed by atoms with Gasteiger partial charge in [0.1, 0.15) is 0 Å². The molecule has 2 rings (SSSR count). The molecule has 2 aliphatic rings. The SMILES string of the molecule is CC(C)CNC(=O)C1(COCCN2CCOCC2)CCN(C(C)S)CC1. The summed E-state index contributed by atoms with van der Waals surface area (Å²) in [5.41, 5.74) is -0.404. The van der Waals surface area contributed by atoms with E-state index in [2.05, 4.69) is 48.5 Å². The van der Waals surface area contributed by atoms with Crippen LogP contribution in [0.3, 0.4) is 0 Å². The van der Waals surface area contributed by atoms with E-state index in [1.807, 2.05) is 0 Å². The van der Waals surface area contributed by atoms with Crippen LogP contribution in [0.4, 0.5) is 0 Å². The van der Waals surface area contributed by atoms with Crippen molar-refractivity contribution in [3.05, 3.63) is 0 Å². The van der Waals surface area contributed by atoms with Gasteiger partial charge in [-0.05, 0) is 25.7 Å². The largest absolute Gasteiger partial charge is 0.379 e. The number of piperidine rings is 1. The average molecular weight is 388 g/mol. The molecule has 2 aliphatic heterocycles. The second-order valence-corrected chi connectivity index (χ2v) is 8.81. The number of carbonyl (C=O) groups excluding carboxylic acids is 1. The quantitative estimate of drug-likeness (QED) is 0.463. The van der Waals surface area contributed by atoms with Crippen LogP contribution in [0.2, 0.25) is 0 Å². The van der Waals surface area contributed by atoms with Gasteiger partial charge >= 0.3 is 0 Å². The summed E-state index contributed by atoms with van der Waals surface area (Å²) in [7, 11) is 0. The van der Waals surface area contributed by atoms with Crippen molar-refractivity contribution in [3.8, 4) is 0 Å². The van der Waals surface area contributed by atoms with E-state index in [0.717, 1.165) is 65.3 Å². The van der Waals surface area contributed by atoms with E-state index < -0.39 is 5.41 Å². The normalized spacial score (nSPS) is 23.1. The molecule has 0 aromatic carbocycles. The maximum atomic E-state index is 12.9. The van der Waals surface area contributed by atoms with Gasteiger partial charge in [0, 0.05) is 44.6 Å². The van der Waals surface area contributed by atoms with Crippen LogP contribution < -0.4 is 5.32 Å². The molecule has 0 aliphatic carbocycles. The third-order valence-electron chi connectivity index (χ3n) is 5.47. The molecule has 1 amide bonds. The van der Waals surface area contributed by atoms with E-state index in [0.29, 0.717) is 19.1 Å². The number of hydrogen-bond donors (Lipinski definition) is 2. The minimum atomic E-state index is -0.404. The Morgan fingerprint density at radius 3 is 2.42 bits per heavy atom. The fraction of sp³-hybridized carbons (Fsp3) is 0.947. The standard InChI is InChI=1S/C19H37N3O3S/c1-16(2)14-20-18(23)19(4-6-22(7-5-19)17(3)26)15-25-13-10-21-8-11-24-12-9-21/h16-17,26H,4-15H2,1-3H3,(H,20,23). The Morgan fingerprint density at radius 1 is 1.19 bits per heavy atom. The van der Waals surface area contributed by atoms with Crippen LogP contribution in [0.5, 0.6) is 0 Å². The maximum Gasteiger partial charge on any atom is 0.228 e. The molecular formula is C19H37N3O3S. The molecule has 0 aromatic rings. The van der Waals surface area contributed by atoms with Crippen molar-refractivity contribution < 1.29 is 14.3 Å². The third-order valence-corrected chi connectivity index (χ3v) is 5.80. The molecule has 1 atom stereocenters. The number of carbonyl (C=O) groups is 1. The Balaban J connectivity index is 1.85. The summed E-state index contributed by atoms with van der Waals surface area (Å²) in [4.78, 5) is 17.6. The van der Waals surface area contributed by atoms with Gasteiger partial charge in [-0.2, -0.15) is 12.6 Å². The Hall–Kier alpha value is -0.340. The van der Waals surface area contributed by atoms with Crippen LogP contribution >= 0.6 is 12.6 Å². The molecule has 1 unspecified atom stereocenters. The smallest absolute Gasteiger partial charge is 0.228 e. The van der Waals surface area contributed by atoms with Gasteiger partial charge in [0.2, 0.25) is 5.91 Å². The highest BCUT2D eigenvalue weighted by molar-refractivity contribution is 7.80. The second kappa shape index (κ2) is 10.9. The summed E-state index contributed by atoms with van der Waals surface area (Å²) >= 11 is 4.54. The van der Waals surface area contributed by atoms with Crippen molar-refractivity contribution in [1.82, 2.24) is 15.1 Å². The zero-order valence-electron chi connectivity index (χ0n) is 16.7. The molecule has 2 fully saturated rings. The fourth-order valence-corrected chi connectivity index (χ4v) is 3.76. The number of amides is 1. The first kappa shape index (κ1) is 22.0. The first-order chi connectivity index (χ1) is 12.4. The summed E-state index contributed by atoms with van der Waals surface area (Å²) in [6.07, 6.45) is 1.67. The number of thiol groups is 1. The lowest BCUT2D eigenvalue weighted by molar-refractivity contribution is -0.139. The number of nitrogens with zero attached hydrogens (tertiary/aromatic N) is 2. The summed E-state index contributed by atoms with van der Waals surface area (Å²) in [6.45, 7) is 14.5. The highest BCUT2D eigenvalue weighted by Crippen LogP contribution is 2.33. The predicted molar refractivity (Wildman–Crippen MR) is 108 cm³/mol. The lowest BCUT2D eigenvalue weighted by atomic mass is 9.78. The second-order valence-electron chi connectivity index (χ2n) is 8.06. The molecule has 0 aromatic heterocycles. The highest BCUT2D eigenvalue weighted by atomic mass is 32.1. The summed E-state index contributed by atoms with van der Waals surface area (Å²) in [5, 5.41) is 3.37. The Morgan fingerprint density at radius 2 is 1.85 bits per heavy atom. The highest BCUT2D eigenvalue weighted by Gasteiger charge is 2.42. The minimum absolute atomic E-state index is 0.157. The van der Waals surface area contributed by atoms with E-state index in [-0.39, 0.29) is 11.3 Å². The van der Waals surface area contributed by atoms with Crippen molar-refractivity contribution in [2.75, 3.05) is 65.7 Å². The van der Waals surface area contributed by atoms with Gasteiger partial charge in [0.05, 0.1) is 31.8 Å². The number of rotatable bonds is 9. The molecule has 0 radical (unpaired) electrons. The molecule has 2 heterocycles. The molecule has 26 heavy (non-hydrogen) atoms. The van der Waals surface area contributed by atoms with Gasteiger partial charge in [-0.15, -0.1) is 0 Å². The van der Waals surface area contributed by atoms with Crippen molar-refractivity contribution in [3.63, 3.8) is 0 Å². The number of nitrogens with one attached hydrogen (secondary N) is 1. The number of morpholine rings is 1. The topological polar surface area (TPSA) is 54.0 Å². The molecule has 1 N–H and O–H groups in total. The van der Waals surface area contributed by atoms with Gasteiger partial charge in [0.15, 0.2) is 0 Å². The van der Waals surface area contributed by atoms with Gasteiger partial charge in [-0.25, -0.2) is 0 Å². The maximum absolute atomic E-state index is 12.9. The summed E-state index contributed by atoms with van der Waals surface area (Å²) < 4.78 is 11.4. The lowest BCUT2D eigenvalue weighted by Crippen LogP contribution is -2.52. The van der Waals surface area contributed by atoms with Crippen LogP contribution in [0.25, 0.3) is 0 Å².